The van der Waals surface area contributed by atoms with Crippen LogP contribution in [-0.4, -0.2) is 42.6 Å². The lowest BCUT2D eigenvalue weighted by atomic mass is 10.0. The largest absolute Gasteiger partial charge is 0.494 e. The van der Waals surface area contributed by atoms with Crippen LogP contribution in [0.3, 0.4) is 0 Å². The number of likely N-dealkylation sites (tertiary alicyclic amines) is 1. The third-order valence-electron chi connectivity index (χ3n) is 4.52. The van der Waals surface area contributed by atoms with Gasteiger partial charge in [-0.1, -0.05) is 18.2 Å². The highest BCUT2D eigenvalue weighted by atomic mass is 16.5. The first-order chi connectivity index (χ1) is 10.8. The predicted octanol–water partition coefficient (Wildman–Crippen LogP) is 2.59. The molecule has 0 radical (unpaired) electrons. The fourth-order valence-electron chi connectivity index (χ4n) is 3.09. The van der Waals surface area contributed by atoms with Crippen LogP contribution in [-0.2, 0) is 4.79 Å². The number of nitrogens with one attached hydrogen (secondary N) is 1. The molecule has 2 aliphatic rings. The highest BCUT2D eigenvalue weighted by Crippen LogP contribution is 2.29. The van der Waals surface area contributed by atoms with Gasteiger partial charge in [-0.25, -0.2) is 0 Å². The van der Waals surface area contributed by atoms with Gasteiger partial charge in [0.2, 0.25) is 5.91 Å². The number of rotatable bonds is 7. The molecule has 1 saturated carbocycles. The Labute approximate surface area is 132 Å². The molecule has 0 spiro atoms. The molecule has 1 aliphatic carbocycles. The molecule has 1 aromatic rings. The van der Waals surface area contributed by atoms with Crippen LogP contribution in [0.2, 0.25) is 0 Å². The van der Waals surface area contributed by atoms with Gasteiger partial charge in [-0.05, 0) is 44.2 Å². The van der Waals surface area contributed by atoms with E-state index in [4.69, 9.17) is 4.74 Å². The molecule has 0 bridgehead atoms. The predicted molar refractivity (Wildman–Crippen MR) is 86.9 cm³/mol. The number of nitrogens with zero attached hydrogens (tertiary/aromatic N) is 1. The van der Waals surface area contributed by atoms with Crippen LogP contribution in [0, 0.1) is 0 Å². The Balaban J connectivity index is 1.26. The zero-order chi connectivity index (χ0) is 15.2. The van der Waals surface area contributed by atoms with E-state index in [2.05, 4.69) is 10.2 Å². The summed E-state index contributed by atoms with van der Waals surface area (Å²) in [6.45, 7) is 2.89. The van der Waals surface area contributed by atoms with Crippen molar-refractivity contribution in [1.29, 1.82) is 0 Å². The van der Waals surface area contributed by atoms with Gasteiger partial charge in [-0.3, -0.25) is 4.79 Å². The number of carbonyl (C=O) groups excluding carboxylic acids is 1. The lowest BCUT2D eigenvalue weighted by molar-refractivity contribution is -0.122. The summed E-state index contributed by atoms with van der Waals surface area (Å²) in [5.41, 5.74) is 0. The van der Waals surface area contributed by atoms with Crippen molar-refractivity contribution >= 4 is 5.91 Å². The Hall–Kier alpha value is -1.55. The molecule has 3 rings (SSSR count). The smallest absolute Gasteiger partial charge is 0.220 e. The second kappa shape index (κ2) is 7.63. The highest BCUT2D eigenvalue weighted by Gasteiger charge is 2.31. The number of benzene rings is 1. The van der Waals surface area contributed by atoms with Crippen LogP contribution >= 0.6 is 0 Å². The summed E-state index contributed by atoms with van der Waals surface area (Å²) >= 11 is 0. The van der Waals surface area contributed by atoms with E-state index in [1.54, 1.807) is 0 Å². The van der Waals surface area contributed by atoms with Gasteiger partial charge in [0, 0.05) is 31.6 Å². The summed E-state index contributed by atoms with van der Waals surface area (Å²) in [4.78, 5) is 14.5. The van der Waals surface area contributed by atoms with Crippen LogP contribution in [0.5, 0.6) is 5.75 Å². The lowest BCUT2D eigenvalue weighted by Crippen LogP contribution is -2.45. The zero-order valence-corrected chi connectivity index (χ0v) is 13.2. The average Bonchev–Trinajstić information content (AvgIpc) is 3.38. The van der Waals surface area contributed by atoms with E-state index in [-0.39, 0.29) is 5.91 Å². The van der Waals surface area contributed by atoms with E-state index in [1.165, 1.54) is 12.8 Å². The Morgan fingerprint density at radius 2 is 1.86 bits per heavy atom. The van der Waals surface area contributed by atoms with Gasteiger partial charge in [0.1, 0.15) is 5.75 Å². The minimum atomic E-state index is 0.168. The molecule has 1 aromatic carbocycles. The molecule has 1 saturated heterocycles. The SMILES string of the molecule is O=C(CCCOc1ccccc1)NC1CCN(C2CC2)CC1. The molecule has 4 heteroatoms. The molecule has 2 fully saturated rings. The Morgan fingerprint density at radius 1 is 1.14 bits per heavy atom. The summed E-state index contributed by atoms with van der Waals surface area (Å²) in [7, 11) is 0. The summed E-state index contributed by atoms with van der Waals surface area (Å²) in [5, 5.41) is 3.18. The fourth-order valence-corrected chi connectivity index (χ4v) is 3.09. The highest BCUT2D eigenvalue weighted by molar-refractivity contribution is 5.76. The van der Waals surface area contributed by atoms with E-state index in [9.17, 15) is 4.79 Å². The fraction of sp³-hybridized carbons (Fsp3) is 0.611. The molecule has 120 valence electrons. The maximum atomic E-state index is 12.0. The molecule has 1 N–H and O–H groups in total. The number of para-hydroxylation sites is 1. The molecule has 0 aromatic heterocycles. The van der Waals surface area contributed by atoms with Crippen molar-refractivity contribution in [2.24, 2.45) is 0 Å². The van der Waals surface area contributed by atoms with Crippen molar-refractivity contribution in [3.8, 4) is 5.75 Å². The van der Waals surface area contributed by atoms with Gasteiger partial charge in [0.15, 0.2) is 0 Å². The summed E-state index contributed by atoms with van der Waals surface area (Å²) in [5.74, 6) is 1.04. The first kappa shape index (κ1) is 15.3. The first-order valence-corrected chi connectivity index (χ1v) is 8.52. The molecule has 0 unspecified atom stereocenters. The van der Waals surface area contributed by atoms with Crippen LogP contribution < -0.4 is 10.1 Å². The third-order valence-corrected chi connectivity index (χ3v) is 4.52. The second-order valence-electron chi connectivity index (χ2n) is 6.37. The molecule has 1 amide bonds. The lowest BCUT2D eigenvalue weighted by Gasteiger charge is -2.32. The van der Waals surface area contributed by atoms with Crippen molar-refractivity contribution in [2.75, 3.05) is 19.7 Å². The summed E-state index contributed by atoms with van der Waals surface area (Å²) < 4.78 is 5.61. The molecular weight excluding hydrogens is 276 g/mol. The van der Waals surface area contributed by atoms with E-state index >= 15 is 0 Å². The van der Waals surface area contributed by atoms with Gasteiger partial charge < -0.3 is 15.0 Å². The van der Waals surface area contributed by atoms with Crippen molar-refractivity contribution in [1.82, 2.24) is 10.2 Å². The van der Waals surface area contributed by atoms with E-state index in [0.29, 0.717) is 19.1 Å². The standard InChI is InChI=1S/C18H26N2O2/c21-18(7-4-14-22-17-5-2-1-3-6-17)19-15-10-12-20(13-11-15)16-8-9-16/h1-3,5-6,15-16H,4,7-14H2,(H,19,21). The minimum Gasteiger partial charge on any atom is -0.494 e. The van der Waals surface area contributed by atoms with Crippen molar-refractivity contribution in [2.45, 2.75) is 50.6 Å². The number of piperidine rings is 1. The third kappa shape index (κ3) is 4.73. The van der Waals surface area contributed by atoms with Crippen molar-refractivity contribution in [3.05, 3.63) is 30.3 Å². The number of hydrogen-bond donors (Lipinski definition) is 1. The van der Waals surface area contributed by atoms with Crippen LogP contribution in [0.15, 0.2) is 30.3 Å². The zero-order valence-electron chi connectivity index (χ0n) is 13.2. The van der Waals surface area contributed by atoms with Crippen LogP contribution in [0.1, 0.15) is 38.5 Å². The van der Waals surface area contributed by atoms with Gasteiger partial charge in [-0.15, -0.1) is 0 Å². The number of hydrogen-bond acceptors (Lipinski definition) is 3. The van der Waals surface area contributed by atoms with E-state index < -0.39 is 0 Å². The van der Waals surface area contributed by atoms with Gasteiger partial charge in [-0.2, -0.15) is 0 Å². The molecule has 1 heterocycles. The maximum absolute atomic E-state index is 12.0. The first-order valence-electron chi connectivity index (χ1n) is 8.52. The molecule has 0 atom stereocenters. The molecule has 4 nitrogen and oxygen atoms in total. The van der Waals surface area contributed by atoms with Gasteiger partial charge >= 0.3 is 0 Å². The average molecular weight is 302 g/mol. The summed E-state index contributed by atoms with van der Waals surface area (Å²) in [6, 6.07) is 11.0. The van der Waals surface area contributed by atoms with Gasteiger partial charge in [0.25, 0.3) is 0 Å². The molecule has 1 aliphatic heterocycles. The van der Waals surface area contributed by atoms with Crippen LogP contribution in [0.4, 0.5) is 0 Å². The maximum Gasteiger partial charge on any atom is 0.220 e. The van der Waals surface area contributed by atoms with E-state index in [1.807, 2.05) is 30.3 Å². The quantitative estimate of drug-likeness (QED) is 0.787. The topological polar surface area (TPSA) is 41.6 Å². The summed E-state index contributed by atoms with van der Waals surface area (Å²) in [6.07, 6.45) is 6.26. The Kier molecular flexibility index (Phi) is 5.33. The van der Waals surface area contributed by atoms with Crippen molar-refractivity contribution in [3.63, 3.8) is 0 Å². The Bertz CT molecular complexity index is 465. The number of amides is 1. The Morgan fingerprint density at radius 3 is 2.55 bits per heavy atom. The number of carbonyl (C=O) groups is 1. The monoisotopic (exact) mass is 302 g/mol. The van der Waals surface area contributed by atoms with Crippen molar-refractivity contribution < 1.29 is 9.53 Å². The normalized spacial score (nSPS) is 19.8. The number of ether oxygens (including phenoxy) is 1. The van der Waals surface area contributed by atoms with Crippen LogP contribution in [0.25, 0.3) is 0 Å². The molecule has 22 heavy (non-hydrogen) atoms. The molecular formula is C18H26N2O2. The second-order valence-corrected chi connectivity index (χ2v) is 6.37. The van der Waals surface area contributed by atoms with Gasteiger partial charge in [0.05, 0.1) is 6.61 Å². The van der Waals surface area contributed by atoms with E-state index in [0.717, 1.165) is 44.1 Å². The minimum absolute atomic E-state index is 0.168.